The molecular formula is C12H9N3OS. The molecule has 0 bridgehead atoms. The Morgan fingerprint density at radius 2 is 2.24 bits per heavy atom. The summed E-state index contributed by atoms with van der Waals surface area (Å²) in [6, 6.07) is 8.92. The third-order valence-electron chi connectivity index (χ3n) is 2.14. The smallest absolute Gasteiger partial charge is 0.267 e. The van der Waals surface area contributed by atoms with E-state index in [1.807, 2.05) is 13.0 Å². The van der Waals surface area contributed by atoms with Crippen LogP contribution < -0.4 is 5.32 Å². The number of hydrogen-bond donors (Lipinski definition) is 1. The van der Waals surface area contributed by atoms with Gasteiger partial charge in [0.1, 0.15) is 10.9 Å². The SMILES string of the molecule is Cc1ncc(C(=O)Nc2ccccc2C#N)s1. The summed E-state index contributed by atoms with van der Waals surface area (Å²) >= 11 is 1.32. The van der Waals surface area contributed by atoms with Crippen molar-refractivity contribution in [3.8, 4) is 6.07 Å². The summed E-state index contributed by atoms with van der Waals surface area (Å²) in [6.07, 6.45) is 1.53. The average molecular weight is 243 g/mol. The van der Waals surface area contributed by atoms with E-state index >= 15 is 0 Å². The first-order chi connectivity index (χ1) is 8.20. The maximum Gasteiger partial charge on any atom is 0.267 e. The molecule has 1 heterocycles. The number of carbonyl (C=O) groups excluding carboxylic acids is 1. The van der Waals surface area contributed by atoms with E-state index in [-0.39, 0.29) is 5.91 Å². The topological polar surface area (TPSA) is 65.8 Å². The van der Waals surface area contributed by atoms with Crippen molar-refractivity contribution in [3.05, 3.63) is 45.9 Å². The molecule has 0 fully saturated rings. The minimum atomic E-state index is -0.238. The first kappa shape index (κ1) is 11.3. The van der Waals surface area contributed by atoms with Crippen LogP contribution in [0, 0.1) is 18.3 Å². The van der Waals surface area contributed by atoms with E-state index < -0.39 is 0 Å². The van der Waals surface area contributed by atoms with E-state index in [1.54, 1.807) is 24.3 Å². The number of aromatic nitrogens is 1. The van der Waals surface area contributed by atoms with Crippen LogP contribution in [0.2, 0.25) is 0 Å². The molecule has 0 aliphatic rings. The highest BCUT2D eigenvalue weighted by molar-refractivity contribution is 7.13. The molecule has 4 nitrogen and oxygen atoms in total. The fraction of sp³-hybridized carbons (Fsp3) is 0.0833. The lowest BCUT2D eigenvalue weighted by Gasteiger charge is -2.04. The summed E-state index contributed by atoms with van der Waals surface area (Å²) in [5.74, 6) is -0.238. The second-order valence-corrected chi connectivity index (χ2v) is 4.59. The third-order valence-corrected chi connectivity index (χ3v) is 3.05. The van der Waals surface area contributed by atoms with Crippen LogP contribution in [-0.2, 0) is 0 Å². The van der Waals surface area contributed by atoms with Gasteiger partial charge < -0.3 is 5.32 Å². The van der Waals surface area contributed by atoms with Crippen molar-refractivity contribution in [2.75, 3.05) is 5.32 Å². The lowest BCUT2D eigenvalue weighted by molar-refractivity contribution is 0.103. The Morgan fingerprint density at radius 1 is 1.47 bits per heavy atom. The Balaban J connectivity index is 2.22. The highest BCUT2D eigenvalue weighted by Crippen LogP contribution is 2.17. The Hall–Kier alpha value is -2.19. The highest BCUT2D eigenvalue weighted by atomic mass is 32.1. The zero-order chi connectivity index (χ0) is 12.3. The number of para-hydroxylation sites is 1. The summed E-state index contributed by atoms with van der Waals surface area (Å²) in [7, 11) is 0. The Morgan fingerprint density at radius 3 is 2.88 bits per heavy atom. The molecule has 1 amide bonds. The van der Waals surface area contributed by atoms with Crippen molar-refractivity contribution in [2.45, 2.75) is 6.92 Å². The van der Waals surface area contributed by atoms with E-state index in [0.29, 0.717) is 16.1 Å². The molecule has 17 heavy (non-hydrogen) atoms. The molecule has 0 atom stereocenters. The number of rotatable bonds is 2. The van der Waals surface area contributed by atoms with Gasteiger partial charge in [-0.1, -0.05) is 12.1 Å². The van der Waals surface area contributed by atoms with Crippen LogP contribution in [0.1, 0.15) is 20.2 Å². The Bertz CT molecular complexity index is 598. The largest absolute Gasteiger partial charge is 0.320 e. The third kappa shape index (κ3) is 2.49. The lowest BCUT2D eigenvalue weighted by atomic mass is 10.2. The number of anilines is 1. The average Bonchev–Trinajstić information content (AvgIpc) is 2.77. The van der Waals surface area contributed by atoms with Crippen molar-refractivity contribution in [2.24, 2.45) is 0 Å². The lowest BCUT2D eigenvalue weighted by Crippen LogP contribution is -2.11. The quantitative estimate of drug-likeness (QED) is 0.881. The zero-order valence-corrected chi connectivity index (χ0v) is 9.91. The van der Waals surface area contributed by atoms with Crippen LogP contribution in [0.25, 0.3) is 0 Å². The number of nitriles is 1. The van der Waals surface area contributed by atoms with Crippen LogP contribution in [0.4, 0.5) is 5.69 Å². The number of carbonyl (C=O) groups is 1. The van der Waals surface area contributed by atoms with Crippen LogP contribution in [0.5, 0.6) is 0 Å². The van der Waals surface area contributed by atoms with Gasteiger partial charge in [-0.25, -0.2) is 4.98 Å². The standard InChI is InChI=1S/C12H9N3OS/c1-8-14-7-11(17-8)12(16)15-10-5-3-2-4-9(10)6-13/h2-5,7H,1H3,(H,15,16). The molecule has 0 unspecified atom stereocenters. The second-order valence-electron chi connectivity index (χ2n) is 3.36. The van der Waals surface area contributed by atoms with E-state index in [0.717, 1.165) is 5.01 Å². The van der Waals surface area contributed by atoms with Crippen LogP contribution >= 0.6 is 11.3 Å². The van der Waals surface area contributed by atoms with Gasteiger partial charge in [0.2, 0.25) is 0 Å². The minimum absolute atomic E-state index is 0.238. The zero-order valence-electron chi connectivity index (χ0n) is 9.10. The normalized spacial score (nSPS) is 9.65. The molecule has 0 radical (unpaired) electrons. The van der Waals surface area contributed by atoms with Crippen LogP contribution in [0.15, 0.2) is 30.5 Å². The summed E-state index contributed by atoms with van der Waals surface area (Å²) in [6.45, 7) is 1.84. The highest BCUT2D eigenvalue weighted by Gasteiger charge is 2.10. The first-order valence-electron chi connectivity index (χ1n) is 4.93. The number of benzene rings is 1. The van der Waals surface area contributed by atoms with E-state index in [2.05, 4.69) is 10.3 Å². The van der Waals surface area contributed by atoms with Gasteiger partial charge in [-0.3, -0.25) is 4.79 Å². The summed E-state index contributed by atoms with van der Waals surface area (Å²) in [5, 5.41) is 12.4. The fourth-order valence-electron chi connectivity index (χ4n) is 1.34. The van der Waals surface area contributed by atoms with Crippen molar-refractivity contribution in [1.29, 1.82) is 5.26 Å². The van der Waals surface area contributed by atoms with E-state index in [9.17, 15) is 4.79 Å². The minimum Gasteiger partial charge on any atom is -0.320 e. The number of hydrogen-bond acceptors (Lipinski definition) is 4. The van der Waals surface area contributed by atoms with Gasteiger partial charge in [-0.05, 0) is 19.1 Å². The molecule has 0 saturated heterocycles. The predicted octanol–water partition coefficient (Wildman–Crippen LogP) is 2.58. The number of aryl methyl sites for hydroxylation is 1. The molecule has 5 heteroatoms. The molecule has 0 aliphatic heterocycles. The van der Waals surface area contributed by atoms with E-state index in [4.69, 9.17) is 5.26 Å². The van der Waals surface area contributed by atoms with Gasteiger partial charge in [0.05, 0.1) is 22.5 Å². The molecule has 2 aromatic rings. The molecule has 0 aliphatic carbocycles. The number of nitrogens with zero attached hydrogens (tertiary/aromatic N) is 2. The Kier molecular flexibility index (Phi) is 3.17. The molecule has 84 valence electrons. The van der Waals surface area contributed by atoms with Crippen molar-refractivity contribution >= 4 is 22.9 Å². The molecule has 0 saturated carbocycles. The molecule has 0 spiro atoms. The number of amides is 1. The number of thiazole rings is 1. The van der Waals surface area contributed by atoms with Crippen LogP contribution in [0.3, 0.4) is 0 Å². The first-order valence-corrected chi connectivity index (χ1v) is 5.75. The predicted molar refractivity (Wildman–Crippen MR) is 66.0 cm³/mol. The van der Waals surface area contributed by atoms with E-state index in [1.165, 1.54) is 17.5 Å². The Labute approximate surface area is 103 Å². The molecule has 1 aromatic carbocycles. The molecular weight excluding hydrogens is 234 g/mol. The van der Waals surface area contributed by atoms with Gasteiger partial charge in [-0.2, -0.15) is 5.26 Å². The van der Waals surface area contributed by atoms with Crippen molar-refractivity contribution in [1.82, 2.24) is 4.98 Å². The van der Waals surface area contributed by atoms with Crippen LogP contribution in [-0.4, -0.2) is 10.9 Å². The van der Waals surface area contributed by atoms with Crippen molar-refractivity contribution < 1.29 is 4.79 Å². The van der Waals surface area contributed by atoms with Gasteiger partial charge in [0.25, 0.3) is 5.91 Å². The monoisotopic (exact) mass is 243 g/mol. The maximum atomic E-state index is 11.8. The van der Waals surface area contributed by atoms with Crippen molar-refractivity contribution in [3.63, 3.8) is 0 Å². The van der Waals surface area contributed by atoms with Gasteiger partial charge in [0, 0.05) is 0 Å². The molecule has 1 aromatic heterocycles. The fourth-order valence-corrected chi connectivity index (χ4v) is 2.01. The molecule has 1 N–H and O–H groups in total. The van der Waals surface area contributed by atoms with Gasteiger partial charge in [0.15, 0.2) is 0 Å². The summed E-state index contributed by atoms with van der Waals surface area (Å²) in [5.41, 5.74) is 0.966. The summed E-state index contributed by atoms with van der Waals surface area (Å²) in [4.78, 5) is 16.4. The second kappa shape index (κ2) is 4.76. The van der Waals surface area contributed by atoms with Gasteiger partial charge in [-0.15, -0.1) is 11.3 Å². The number of nitrogens with one attached hydrogen (secondary N) is 1. The maximum absolute atomic E-state index is 11.8. The summed E-state index contributed by atoms with van der Waals surface area (Å²) < 4.78 is 0. The molecule has 2 rings (SSSR count). The van der Waals surface area contributed by atoms with Gasteiger partial charge >= 0.3 is 0 Å².